The van der Waals surface area contributed by atoms with Gasteiger partial charge in [0, 0.05) is 35.5 Å². The third-order valence-electron chi connectivity index (χ3n) is 5.19. The van der Waals surface area contributed by atoms with Crippen molar-refractivity contribution >= 4 is 51.2 Å². The fourth-order valence-electron chi connectivity index (χ4n) is 3.77. The van der Waals surface area contributed by atoms with Crippen LogP contribution in [0.25, 0.3) is 27.9 Å². The second kappa shape index (κ2) is 7.84. The number of hydrogen-bond donors (Lipinski definition) is 0. The quantitative estimate of drug-likeness (QED) is 0.353. The molecule has 2 aromatic carbocycles. The maximum Gasteiger partial charge on any atom is 0.163 e. The van der Waals surface area contributed by atoms with Crippen molar-refractivity contribution in [3.63, 3.8) is 0 Å². The van der Waals surface area contributed by atoms with Crippen molar-refractivity contribution in [2.45, 2.75) is 6.92 Å². The van der Waals surface area contributed by atoms with Crippen molar-refractivity contribution in [1.82, 2.24) is 15.0 Å². The maximum absolute atomic E-state index is 6.36. The molecule has 3 heterocycles. The standard InChI is InChI=1S/C24H18Cl2N4O/c1-3-31-16-6-7-21-18(9-16)24(29-23(28-21)15-5-4-8-27-12-15)30-13-14(2)17-10-19(25)20(26)11-22(17)30/h4-12H,2-3,13H2,1H3. The number of ether oxygens (including phenoxy) is 1. The molecule has 0 atom stereocenters. The van der Waals surface area contributed by atoms with E-state index in [1.807, 2.05) is 49.4 Å². The Kier molecular flexibility index (Phi) is 5.00. The molecule has 0 radical (unpaired) electrons. The van der Waals surface area contributed by atoms with Crippen molar-refractivity contribution in [3.8, 4) is 17.1 Å². The zero-order valence-electron chi connectivity index (χ0n) is 16.8. The molecule has 2 aromatic heterocycles. The molecule has 4 aromatic rings. The highest BCUT2D eigenvalue weighted by atomic mass is 35.5. The van der Waals surface area contributed by atoms with Gasteiger partial charge in [-0.1, -0.05) is 29.8 Å². The molecule has 154 valence electrons. The van der Waals surface area contributed by atoms with Gasteiger partial charge in [-0.2, -0.15) is 0 Å². The molecule has 31 heavy (non-hydrogen) atoms. The van der Waals surface area contributed by atoms with E-state index in [0.29, 0.717) is 29.0 Å². The average molecular weight is 449 g/mol. The Morgan fingerprint density at radius 2 is 1.94 bits per heavy atom. The van der Waals surface area contributed by atoms with Gasteiger partial charge in [-0.05, 0) is 55.0 Å². The lowest BCUT2D eigenvalue weighted by Crippen LogP contribution is -2.16. The Balaban J connectivity index is 1.76. The summed E-state index contributed by atoms with van der Waals surface area (Å²) in [5, 5.41) is 1.87. The van der Waals surface area contributed by atoms with E-state index in [1.165, 1.54) is 0 Å². The molecule has 0 bridgehead atoms. The highest BCUT2D eigenvalue weighted by Crippen LogP contribution is 2.45. The normalized spacial score (nSPS) is 13.0. The lowest BCUT2D eigenvalue weighted by Gasteiger charge is -2.21. The number of nitrogens with zero attached hydrogens (tertiary/aromatic N) is 4. The van der Waals surface area contributed by atoms with Crippen LogP contribution >= 0.6 is 23.2 Å². The number of pyridine rings is 1. The van der Waals surface area contributed by atoms with Gasteiger partial charge in [0.1, 0.15) is 11.6 Å². The summed E-state index contributed by atoms with van der Waals surface area (Å²) < 4.78 is 5.73. The zero-order chi connectivity index (χ0) is 21.5. The van der Waals surface area contributed by atoms with Crippen LogP contribution in [0.1, 0.15) is 12.5 Å². The lowest BCUT2D eigenvalue weighted by atomic mass is 10.1. The van der Waals surface area contributed by atoms with Crippen molar-refractivity contribution in [2.75, 3.05) is 18.1 Å². The molecule has 0 aliphatic carbocycles. The number of hydrogen-bond acceptors (Lipinski definition) is 5. The van der Waals surface area contributed by atoms with E-state index < -0.39 is 0 Å². The highest BCUT2D eigenvalue weighted by Gasteiger charge is 2.28. The number of fused-ring (bicyclic) bond motifs is 2. The molecule has 0 N–H and O–H groups in total. The Morgan fingerprint density at radius 1 is 1.10 bits per heavy atom. The highest BCUT2D eigenvalue weighted by molar-refractivity contribution is 6.42. The van der Waals surface area contributed by atoms with Gasteiger partial charge in [-0.15, -0.1) is 0 Å². The monoisotopic (exact) mass is 448 g/mol. The van der Waals surface area contributed by atoms with E-state index in [1.54, 1.807) is 12.4 Å². The minimum Gasteiger partial charge on any atom is -0.494 e. The van der Waals surface area contributed by atoms with Gasteiger partial charge in [0.2, 0.25) is 0 Å². The second-order valence-corrected chi connectivity index (χ2v) is 8.01. The fraction of sp³-hybridized carbons (Fsp3) is 0.125. The molecular weight excluding hydrogens is 431 g/mol. The Morgan fingerprint density at radius 3 is 2.71 bits per heavy atom. The van der Waals surface area contributed by atoms with E-state index >= 15 is 0 Å². The van der Waals surface area contributed by atoms with Crippen molar-refractivity contribution in [1.29, 1.82) is 0 Å². The fourth-order valence-corrected chi connectivity index (χ4v) is 4.09. The topological polar surface area (TPSA) is 51.1 Å². The number of halogens is 2. The molecule has 1 aliphatic rings. The molecule has 0 saturated heterocycles. The number of benzene rings is 2. The van der Waals surface area contributed by atoms with Gasteiger partial charge < -0.3 is 9.64 Å². The van der Waals surface area contributed by atoms with E-state index in [0.717, 1.165) is 44.9 Å². The third-order valence-corrected chi connectivity index (χ3v) is 5.91. The van der Waals surface area contributed by atoms with Crippen LogP contribution in [0.4, 0.5) is 11.5 Å². The van der Waals surface area contributed by atoms with Crippen molar-refractivity contribution in [2.24, 2.45) is 0 Å². The number of aromatic nitrogens is 3. The molecule has 0 amide bonds. The van der Waals surface area contributed by atoms with Crippen LogP contribution in [0.3, 0.4) is 0 Å². The minimum absolute atomic E-state index is 0.487. The SMILES string of the molecule is C=C1CN(c2nc(-c3cccnc3)nc3ccc(OCC)cc23)c2cc(Cl)c(Cl)cc21. The molecule has 0 unspecified atom stereocenters. The van der Waals surface area contributed by atoms with E-state index in [-0.39, 0.29) is 0 Å². The summed E-state index contributed by atoms with van der Waals surface area (Å²) in [6, 6.07) is 13.4. The predicted molar refractivity (Wildman–Crippen MR) is 126 cm³/mol. The van der Waals surface area contributed by atoms with Crippen LogP contribution in [0.15, 0.2) is 61.4 Å². The van der Waals surface area contributed by atoms with Gasteiger partial charge in [0.15, 0.2) is 5.82 Å². The average Bonchev–Trinajstić information content (AvgIpc) is 3.09. The zero-order valence-corrected chi connectivity index (χ0v) is 18.3. The van der Waals surface area contributed by atoms with Gasteiger partial charge >= 0.3 is 0 Å². The summed E-state index contributed by atoms with van der Waals surface area (Å²) >= 11 is 12.6. The predicted octanol–water partition coefficient (Wildman–Crippen LogP) is 6.56. The number of anilines is 2. The largest absolute Gasteiger partial charge is 0.494 e. The van der Waals surface area contributed by atoms with Gasteiger partial charge in [0.05, 0.1) is 27.9 Å². The summed E-state index contributed by atoms with van der Waals surface area (Å²) in [6.07, 6.45) is 3.49. The van der Waals surface area contributed by atoms with Crippen LogP contribution in [0, 0.1) is 0 Å². The third kappa shape index (κ3) is 3.50. The smallest absolute Gasteiger partial charge is 0.163 e. The van der Waals surface area contributed by atoms with Crippen LogP contribution in [-0.2, 0) is 0 Å². The molecule has 5 nitrogen and oxygen atoms in total. The Bertz CT molecular complexity index is 1320. The van der Waals surface area contributed by atoms with E-state index in [9.17, 15) is 0 Å². The first-order valence-corrected chi connectivity index (χ1v) is 10.6. The van der Waals surface area contributed by atoms with Crippen molar-refractivity contribution < 1.29 is 4.74 Å². The molecule has 0 spiro atoms. The van der Waals surface area contributed by atoms with Crippen LogP contribution < -0.4 is 9.64 Å². The minimum atomic E-state index is 0.487. The van der Waals surface area contributed by atoms with Crippen molar-refractivity contribution in [3.05, 3.63) is 77.0 Å². The summed E-state index contributed by atoms with van der Waals surface area (Å²) in [5.41, 5.74) is 4.48. The van der Waals surface area contributed by atoms with Crippen LogP contribution in [0.2, 0.25) is 10.0 Å². The summed E-state index contributed by atoms with van der Waals surface area (Å²) in [6.45, 7) is 7.34. The molecule has 5 rings (SSSR count). The Hall–Kier alpha value is -3.15. The first-order chi connectivity index (χ1) is 15.0. The van der Waals surface area contributed by atoms with Crippen LogP contribution in [-0.4, -0.2) is 28.1 Å². The molecule has 0 saturated carbocycles. The maximum atomic E-state index is 6.36. The Labute approximate surface area is 189 Å². The summed E-state index contributed by atoms with van der Waals surface area (Å²) in [7, 11) is 0. The number of rotatable bonds is 4. The summed E-state index contributed by atoms with van der Waals surface area (Å²) in [4.78, 5) is 16.0. The summed E-state index contributed by atoms with van der Waals surface area (Å²) in [5.74, 6) is 2.11. The molecule has 0 fully saturated rings. The first kappa shape index (κ1) is 19.8. The van der Waals surface area contributed by atoms with Gasteiger partial charge in [-0.3, -0.25) is 4.98 Å². The van der Waals surface area contributed by atoms with Crippen LogP contribution in [0.5, 0.6) is 5.75 Å². The van der Waals surface area contributed by atoms with Gasteiger partial charge in [0.25, 0.3) is 0 Å². The molecule has 7 heteroatoms. The van der Waals surface area contributed by atoms with E-state index in [2.05, 4.69) is 16.5 Å². The molecular formula is C24H18Cl2N4O. The van der Waals surface area contributed by atoms with E-state index in [4.69, 9.17) is 37.9 Å². The molecule has 1 aliphatic heterocycles. The van der Waals surface area contributed by atoms with Gasteiger partial charge in [-0.25, -0.2) is 9.97 Å². The lowest BCUT2D eigenvalue weighted by molar-refractivity contribution is 0.340. The second-order valence-electron chi connectivity index (χ2n) is 7.20. The first-order valence-electron chi connectivity index (χ1n) is 9.85.